The molecule has 140 valence electrons. The molecular weight excluding hydrogens is 358 g/mol. The van der Waals surface area contributed by atoms with Gasteiger partial charge in [0.15, 0.2) is 0 Å². The number of nitrogens with one attached hydrogen (secondary N) is 1. The summed E-state index contributed by atoms with van der Waals surface area (Å²) < 4.78 is 1.10. The highest BCUT2D eigenvalue weighted by Crippen LogP contribution is 2.28. The third kappa shape index (κ3) is 4.34. The van der Waals surface area contributed by atoms with Gasteiger partial charge in [0.2, 0.25) is 5.91 Å². The number of aryl methyl sites for hydroxylation is 2. The maximum atomic E-state index is 12.5. The molecule has 0 fully saturated rings. The molecule has 0 aliphatic rings. The van der Waals surface area contributed by atoms with Crippen molar-refractivity contribution in [1.29, 1.82) is 0 Å². The number of amides is 2. The van der Waals surface area contributed by atoms with E-state index in [0.717, 1.165) is 26.4 Å². The zero-order valence-corrected chi connectivity index (χ0v) is 16.8. The van der Waals surface area contributed by atoms with E-state index in [9.17, 15) is 9.59 Å². The van der Waals surface area contributed by atoms with E-state index < -0.39 is 0 Å². The van der Waals surface area contributed by atoms with Gasteiger partial charge < -0.3 is 10.2 Å². The van der Waals surface area contributed by atoms with Crippen LogP contribution in [-0.2, 0) is 4.79 Å². The fourth-order valence-electron chi connectivity index (χ4n) is 2.94. The number of hydrogen-bond donors (Lipinski definition) is 1. The summed E-state index contributed by atoms with van der Waals surface area (Å²) in [6.45, 7) is 5.80. The molecule has 3 aromatic rings. The first-order valence-corrected chi connectivity index (χ1v) is 9.64. The molecule has 5 nitrogen and oxygen atoms in total. The molecule has 27 heavy (non-hydrogen) atoms. The lowest BCUT2D eigenvalue weighted by molar-refractivity contribution is -0.130. The topological polar surface area (TPSA) is 62.3 Å². The van der Waals surface area contributed by atoms with Gasteiger partial charge in [0.05, 0.1) is 22.8 Å². The van der Waals surface area contributed by atoms with E-state index in [2.05, 4.69) is 10.3 Å². The molecule has 0 spiro atoms. The first-order valence-electron chi connectivity index (χ1n) is 8.83. The van der Waals surface area contributed by atoms with E-state index in [4.69, 9.17) is 0 Å². The van der Waals surface area contributed by atoms with Crippen LogP contribution in [0.1, 0.15) is 39.5 Å². The Bertz CT molecular complexity index is 943. The second-order valence-corrected chi connectivity index (χ2v) is 7.82. The predicted molar refractivity (Wildman–Crippen MR) is 109 cm³/mol. The van der Waals surface area contributed by atoms with Crippen molar-refractivity contribution in [1.82, 2.24) is 15.2 Å². The van der Waals surface area contributed by atoms with Gasteiger partial charge in [0, 0.05) is 12.6 Å². The summed E-state index contributed by atoms with van der Waals surface area (Å²) in [7, 11) is 1.74. The van der Waals surface area contributed by atoms with Crippen molar-refractivity contribution < 1.29 is 9.59 Å². The SMILES string of the molecule is Cc1cc(C)cc(C(=O)NCC(=O)N(C)[C@@H](C)c2nc3ccccc3s2)c1. The summed E-state index contributed by atoms with van der Waals surface area (Å²) in [5, 5.41) is 3.60. The summed E-state index contributed by atoms with van der Waals surface area (Å²) in [5.74, 6) is -0.393. The Morgan fingerprint density at radius 3 is 2.48 bits per heavy atom. The molecule has 1 heterocycles. The molecule has 2 aromatic carbocycles. The molecule has 0 unspecified atom stereocenters. The van der Waals surface area contributed by atoms with Crippen LogP contribution < -0.4 is 5.32 Å². The van der Waals surface area contributed by atoms with Crippen molar-refractivity contribution in [2.75, 3.05) is 13.6 Å². The zero-order chi connectivity index (χ0) is 19.6. The van der Waals surface area contributed by atoms with Gasteiger partial charge in [-0.1, -0.05) is 29.3 Å². The average Bonchev–Trinajstić information content (AvgIpc) is 3.08. The van der Waals surface area contributed by atoms with Crippen LogP contribution in [0.4, 0.5) is 0 Å². The van der Waals surface area contributed by atoms with E-state index in [1.54, 1.807) is 23.3 Å². The van der Waals surface area contributed by atoms with E-state index in [1.165, 1.54) is 0 Å². The normalized spacial score (nSPS) is 12.0. The number of thiazole rings is 1. The summed E-state index contributed by atoms with van der Waals surface area (Å²) in [5.41, 5.74) is 3.55. The predicted octanol–water partition coefficient (Wildman–Crippen LogP) is 3.86. The number of likely N-dealkylation sites (N-methyl/N-ethyl adjacent to an activating group) is 1. The number of hydrogen-bond acceptors (Lipinski definition) is 4. The minimum Gasteiger partial charge on any atom is -0.343 e. The van der Waals surface area contributed by atoms with Gasteiger partial charge in [-0.3, -0.25) is 9.59 Å². The monoisotopic (exact) mass is 381 g/mol. The number of aromatic nitrogens is 1. The lowest BCUT2D eigenvalue weighted by Gasteiger charge is -2.23. The van der Waals surface area contributed by atoms with Crippen LogP contribution >= 0.6 is 11.3 Å². The van der Waals surface area contributed by atoms with Crippen molar-refractivity contribution >= 4 is 33.4 Å². The lowest BCUT2D eigenvalue weighted by atomic mass is 10.1. The Morgan fingerprint density at radius 1 is 1.15 bits per heavy atom. The number of para-hydroxylation sites is 1. The van der Waals surface area contributed by atoms with Crippen LogP contribution in [0.3, 0.4) is 0 Å². The van der Waals surface area contributed by atoms with Crippen LogP contribution in [0.25, 0.3) is 10.2 Å². The minimum absolute atomic E-state index is 0.0441. The minimum atomic E-state index is -0.240. The largest absolute Gasteiger partial charge is 0.343 e. The number of carbonyl (C=O) groups excluding carboxylic acids is 2. The van der Waals surface area contributed by atoms with Gasteiger partial charge >= 0.3 is 0 Å². The highest BCUT2D eigenvalue weighted by atomic mass is 32.1. The standard InChI is InChI=1S/C21H23N3O2S/c1-13-9-14(2)11-16(10-13)20(26)22-12-19(25)24(4)15(3)21-23-17-7-5-6-8-18(17)27-21/h5-11,15H,12H2,1-4H3,(H,22,26)/t15-/m0/s1. The van der Waals surface area contributed by atoms with E-state index in [1.807, 2.05) is 63.2 Å². The fraction of sp³-hybridized carbons (Fsp3) is 0.286. The Labute approximate surface area is 163 Å². The van der Waals surface area contributed by atoms with E-state index in [0.29, 0.717) is 5.56 Å². The molecule has 1 aromatic heterocycles. The third-order valence-corrected chi connectivity index (χ3v) is 5.73. The maximum Gasteiger partial charge on any atom is 0.251 e. The summed E-state index contributed by atoms with van der Waals surface area (Å²) in [6, 6.07) is 13.4. The van der Waals surface area contributed by atoms with Gasteiger partial charge in [0.1, 0.15) is 5.01 Å². The second kappa shape index (κ2) is 7.88. The highest BCUT2D eigenvalue weighted by Gasteiger charge is 2.21. The molecule has 0 saturated heterocycles. The first-order chi connectivity index (χ1) is 12.8. The van der Waals surface area contributed by atoms with Gasteiger partial charge in [0.25, 0.3) is 5.91 Å². The van der Waals surface area contributed by atoms with Crippen molar-refractivity contribution in [3.63, 3.8) is 0 Å². The Balaban J connectivity index is 1.63. The van der Waals surface area contributed by atoms with Gasteiger partial charge in [-0.05, 0) is 45.0 Å². The molecule has 0 aliphatic heterocycles. The van der Waals surface area contributed by atoms with Gasteiger partial charge in [-0.2, -0.15) is 0 Å². The summed E-state index contributed by atoms with van der Waals surface area (Å²) in [4.78, 5) is 31.1. The molecule has 0 saturated carbocycles. The number of rotatable bonds is 5. The van der Waals surface area contributed by atoms with Crippen LogP contribution in [-0.4, -0.2) is 35.3 Å². The molecular formula is C21H23N3O2S. The lowest BCUT2D eigenvalue weighted by Crippen LogP contribution is -2.39. The van der Waals surface area contributed by atoms with Crippen molar-refractivity contribution in [3.05, 3.63) is 64.2 Å². The molecule has 1 atom stereocenters. The third-order valence-electron chi connectivity index (χ3n) is 4.53. The Morgan fingerprint density at radius 2 is 1.81 bits per heavy atom. The smallest absolute Gasteiger partial charge is 0.251 e. The number of benzene rings is 2. The zero-order valence-electron chi connectivity index (χ0n) is 15.9. The quantitative estimate of drug-likeness (QED) is 0.730. The first kappa shape index (κ1) is 19.0. The van der Waals surface area contributed by atoms with Crippen molar-refractivity contribution in [3.8, 4) is 0 Å². The Kier molecular flexibility index (Phi) is 5.56. The number of fused-ring (bicyclic) bond motifs is 1. The molecule has 6 heteroatoms. The van der Waals surface area contributed by atoms with E-state index in [-0.39, 0.29) is 24.4 Å². The Hall–Kier alpha value is -2.73. The summed E-state index contributed by atoms with van der Waals surface area (Å²) >= 11 is 1.58. The average molecular weight is 382 g/mol. The summed E-state index contributed by atoms with van der Waals surface area (Å²) in [6.07, 6.45) is 0. The molecule has 0 radical (unpaired) electrons. The number of carbonyl (C=O) groups is 2. The van der Waals surface area contributed by atoms with Crippen LogP contribution in [0.5, 0.6) is 0 Å². The molecule has 2 amide bonds. The van der Waals surface area contributed by atoms with Crippen molar-refractivity contribution in [2.45, 2.75) is 26.8 Å². The molecule has 3 rings (SSSR count). The maximum absolute atomic E-state index is 12.5. The van der Waals surface area contributed by atoms with Crippen LogP contribution in [0.2, 0.25) is 0 Å². The van der Waals surface area contributed by atoms with Gasteiger partial charge in [-0.15, -0.1) is 11.3 Å². The molecule has 0 bridgehead atoms. The van der Waals surface area contributed by atoms with Gasteiger partial charge in [-0.25, -0.2) is 4.98 Å². The molecule has 1 N–H and O–H groups in total. The molecule has 0 aliphatic carbocycles. The van der Waals surface area contributed by atoms with Crippen molar-refractivity contribution in [2.24, 2.45) is 0 Å². The van der Waals surface area contributed by atoms with E-state index >= 15 is 0 Å². The highest BCUT2D eigenvalue weighted by molar-refractivity contribution is 7.18. The fourth-order valence-corrected chi connectivity index (χ4v) is 4.00. The number of nitrogens with zero attached hydrogens (tertiary/aromatic N) is 2. The second-order valence-electron chi connectivity index (χ2n) is 6.76. The van der Waals surface area contributed by atoms with Crippen LogP contribution in [0.15, 0.2) is 42.5 Å². The van der Waals surface area contributed by atoms with Crippen LogP contribution in [0, 0.1) is 13.8 Å².